The van der Waals surface area contributed by atoms with Crippen LogP contribution in [0, 0.1) is 5.92 Å². The number of hydrogen-bond acceptors (Lipinski definition) is 5. The number of hydrogen-bond donors (Lipinski definition) is 0. The van der Waals surface area contributed by atoms with Crippen molar-refractivity contribution >= 4 is 33.2 Å². The van der Waals surface area contributed by atoms with Crippen LogP contribution in [0.5, 0.6) is 0 Å². The fourth-order valence-corrected chi connectivity index (χ4v) is 2.83. The highest BCUT2D eigenvalue weighted by Crippen LogP contribution is 2.21. The molecule has 0 saturated carbocycles. The smallest absolute Gasteiger partial charge is 0.290 e. The summed E-state index contributed by atoms with van der Waals surface area (Å²) >= 11 is 5.73. The van der Waals surface area contributed by atoms with Crippen LogP contribution in [0.3, 0.4) is 0 Å². The van der Waals surface area contributed by atoms with Crippen LogP contribution >= 0.6 is 11.6 Å². The molecule has 1 aromatic carbocycles. The van der Waals surface area contributed by atoms with Crippen molar-refractivity contribution in [3.63, 3.8) is 0 Å². The first-order chi connectivity index (χ1) is 10.7. The third-order valence-electron chi connectivity index (χ3n) is 3.29. The zero-order valence-corrected chi connectivity index (χ0v) is 14.5. The van der Waals surface area contributed by atoms with Crippen LogP contribution in [-0.2, 0) is 19.2 Å². The molecule has 0 atom stereocenters. The number of benzene rings is 1. The number of nitrogens with zero attached hydrogens (tertiary/aromatic N) is 1. The van der Waals surface area contributed by atoms with Gasteiger partial charge in [-0.15, -0.1) is 0 Å². The van der Waals surface area contributed by atoms with E-state index in [0.29, 0.717) is 21.9 Å². The maximum absolute atomic E-state index is 12.1. The van der Waals surface area contributed by atoms with Gasteiger partial charge in [0.25, 0.3) is 0 Å². The van der Waals surface area contributed by atoms with E-state index in [1.54, 1.807) is 13.0 Å². The SMILES string of the molecule is CC1=CC(=O)C(C(C)C)=C/C1=N\OS(=O)(=O)c1ccc(Cl)cc1. The van der Waals surface area contributed by atoms with Crippen LogP contribution in [0.1, 0.15) is 20.8 Å². The van der Waals surface area contributed by atoms with Gasteiger partial charge in [0.1, 0.15) is 10.6 Å². The summed E-state index contributed by atoms with van der Waals surface area (Å²) in [6.07, 6.45) is 2.98. The molecule has 2 rings (SSSR count). The average molecular weight is 354 g/mol. The van der Waals surface area contributed by atoms with Gasteiger partial charge in [0.2, 0.25) is 0 Å². The molecule has 122 valence electrons. The second-order valence-electron chi connectivity index (χ2n) is 5.41. The molecule has 0 amide bonds. The molecule has 23 heavy (non-hydrogen) atoms. The fraction of sp³-hybridized carbons (Fsp3) is 0.250. The van der Waals surface area contributed by atoms with Crippen LogP contribution in [-0.4, -0.2) is 19.9 Å². The lowest BCUT2D eigenvalue weighted by Crippen LogP contribution is -2.16. The van der Waals surface area contributed by atoms with E-state index in [1.165, 1.54) is 30.3 Å². The third-order valence-corrected chi connectivity index (χ3v) is 4.66. The van der Waals surface area contributed by atoms with Gasteiger partial charge in [-0.2, -0.15) is 8.42 Å². The van der Waals surface area contributed by atoms with Gasteiger partial charge in [0.15, 0.2) is 5.78 Å². The monoisotopic (exact) mass is 353 g/mol. The molecule has 0 aromatic heterocycles. The summed E-state index contributed by atoms with van der Waals surface area (Å²) in [5, 5.41) is 4.12. The minimum atomic E-state index is -4.04. The van der Waals surface area contributed by atoms with E-state index < -0.39 is 10.1 Å². The summed E-state index contributed by atoms with van der Waals surface area (Å²) in [6, 6.07) is 5.57. The van der Waals surface area contributed by atoms with Gasteiger partial charge in [-0.1, -0.05) is 30.6 Å². The largest absolute Gasteiger partial charge is 0.358 e. The maximum atomic E-state index is 12.1. The Hall–Kier alpha value is -1.92. The summed E-state index contributed by atoms with van der Waals surface area (Å²) in [5.74, 6) is -0.0954. The normalized spacial score (nSPS) is 17.3. The molecule has 0 N–H and O–H groups in total. The van der Waals surface area contributed by atoms with Crippen molar-refractivity contribution in [1.29, 1.82) is 0 Å². The van der Waals surface area contributed by atoms with Gasteiger partial charge in [0.05, 0.1) is 0 Å². The molecule has 0 heterocycles. The van der Waals surface area contributed by atoms with Crippen LogP contribution in [0.4, 0.5) is 0 Å². The molecule has 5 nitrogen and oxygen atoms in total. The number of oxime groups is 1. The van der Waals surface area contributed by atoms with Crippen LogP contribution in [0.25, 0.3) is 0 Å². The van der Waals surface area contributed by atoms with Gasteiger partial charge < -0.3 is 0 Å². The van der Waals surface area contributed by atoms with E-state index in [-0.39, 0.29) is 16.6 Å². The van der Waals surface area contributed by atoms with Crippen molar-refractivity contribution in [2.75, 3.05) is 0 Å². The molecule has 1 aromatic rings. The molecule has 0 radical (unpaired) electrons. The molecule has 0 saturated heterocycles. The second kappa shape index (κ2) is 6.68. The Morgan fingerprint density at radius 3 is 2.30 bits per heavy atom. The zero-order valence-electron chi connectivity index (χ0n) is 12.9. The van der Waals surface area contributed by atoms with Crippen molar-refractivity contribution in [2.24, 2.45) is 11.1 Å². The number of allylic oxidation sites excluding steroid dienone is 4. The van der Waals surface area contributed by atoms with E-state index >= 15 is 0 Å². The molecule has 0 spiro atoms. The van der Waals surface area contributed by atoms with Gasteiger partial charge in [-0.3, -0.25) is 9.08 Å². The van der Waals surface area contributed by atoms with Crippen LogP contribution in [0.15, 0.2) is 57.6 Å². The van der Waals surface area contributed by atoms with Crippen molar-refractivity contribution < 1.29 is 17.5 Å². The molecule has 0 bridgehead atoms. The Bertz CT molecular complexity index is 818. The van der Waals surface area contributed by atoms with E-state index in [9.17, 15) is 13.2 Å². The minimum absolute atomic E-state index is 0.00456. The van der Waals surface area contributed by atoms with E-state index in [0.717, 1.165) is 0 Å². The molecular weight excluding hydrogens is 338 g/mol. The second-order valence-corrected chi connectivity index (χ2v) is 7.37. The maximum Gasteiger partial charge on any atom is 0.358 e. The molecule has 1 aliphatic carbocycles. The topological polar surface area (TPSA) is 72.8 Å². The standard InChI is InChI=1S/C16H16ClNO4S/c1-10(2)14-9-15(11(3)8-16(14)19)18-22-23(20,21)13-6-4-12(17)5-7-13/h4-10H,1-3H3/b18-15+. The quantitative estimate of drug-likeness (QED) is 0.613. The average Bonchev–Trinajstić information content (AvgIpc) is 2.46. The summed E-state index contributed by atoms with van der Waals surface area (Å²) in [4.78, 5) is 11.8. The van der Waals surface area contributed by atoms with E-state index in [2.05, 4.69) is 5.16 Å². The highest BCUT2D eigenvalue weighted by Gasteiger charge is 2.21. The Morgan fingerprint density at radius 1 is 1.13 bits per heavy atom. The number of carbonyl (C=O) groups is 1. The van der Waals surface area contributed by atoms with Crippen molar-refractivity contribution in [2.45, 2.75) is 25.7 Å². The van der Waals surface area contributed by atoms with Crippen molar-refractivity contribution in [3.8, 4) is 0 Å². The molecule has 0 unspecified atom stereocenters. The van der Waals surface area contributed by atoms with Gasteiger partial charge in [0, 0.05) is 10.6 Å². The summed E-state index contributed by atoms with van der Waals surface area (Å²) in [6.45, 7) is 5.42. The first-order valence-corrected chi connectivity index (χ1v) is 8.71. The summed E-state index contributed by atoms with van der Waals surface area (Å²) < 4.78 is 28.9. The van der Waals surface area contributed by atoms with Gasteiger partial charge in [-0.25, -0.2) is 0 Å². The molecule has 1 aliphatic rings. The third kappa shape index (κ3) is 4.09. The van der Waals surface area contributed by atoms with Gasteiger partial charge >= 0.3 is 10.1 Å². The Kier molecular flexibility index (Phi) is 5.06. The number of carbonyl (C=O) groups excluding carboxylic acids is 1. The molecule has 0 aliphatic heterocycles. The number of rotatable bonds is 4. The molecular formula is C16H16ClNO4S. The molecule has 7 heteroatoms. The number of halogens is 1. The van der Waals surface area contributed by atoms with Crippen molar-refractivity contribution in [3.05, 3.63) is 52.6 Å². The van der Waals surface area contributed by atoms with Gasteiger partial charge in [-0.05, 0) is 54.8 Å². The minimum Gasteiger partial charge on any atom is -0.290 e. The highest BCUT2D eigenvalue weighted by atomic mass is 35.5. The predicted molar refractivity (Wildman–Crippen MR) is 88.8 cm³/mol. The highest BCUT2D eigenvalue weighted by molar-refractivity contribution is 7.86. The fourth-order valence-electron chi connectivity index (χ4n) is 1.97. The van der Waals surface area contributed by atoms with Crippen LogP contribution < -0.4 is 0 Å². The lowest BCUT2D eigenvalue weighted by molar-refractivity contribution is -0.111. The zero-order chi connectivity index (χ0) is 17.2. The van der Waals surface area contributed by atoms with Crippen molar-refractivity contribution in [1.82, 2.24) is 0 Å². The Balaban J connectivity index is 2.29. The number of ketones is 1. The lowest BCUT2D eigenvalue weighted by atomic mass is 9.90. The van der Waals surface area contributed by atoms with Crippen LogP contribution in [0.2, 0.25) is 5.02 Å². The predicted octanol–water partition coefficient (Wildman–Crippen LogP) is 3.51. The van der Waals surface area contributed by atoms with E-state index in [4.69, 9.17) is 15.9 Å². The summed E-state index contributed by atoms with van der Waals surface area (Å²) in [5.41, 5.74) is 1.42. The molecule has 0 fully saturated rings. The summed E-state index contributed by atoms with van der Waals surface area (Å²) in [7, 11) is -4.04. The first kappa shape index (κ1) is 17.4. The first-order valence-electron chi connectivity index (χ1n) is 6.92. The Morgan fingerprint density at radius 2 is 1.74 bits per heavy atom. The van der Waals surface area contributed by atoms with E-state index in [1.807, 2.05) is 13.8 Å². The lowest BCUT2D eigenvalue weighted by Gasteiger charge is -2.14. The Labute approximate surface area is 140 Å².